The average Bonchev–Trinajstić information content (AvgIpc) is 3.20. The van der Waals surface area contributed by atoms with Gasteiger partial charge in [-0.05, 0) is 25.7 Å². The topological polar surface area (TPSA) is 95.9 Å². The van der Waals surface area contributed by atoms with E-state index < -0.39 is 12.1 Å². The van der Waals surface area contributed by atoms with Gasteiger partial charge in [0.25, 0.3) is 0 Å². The standard InChI is InChI=1S/C50H99NO5/c1-3-5-7-9-11-13-15-17-18-19-21-22-26-30-34-38-42-48(53)47(46-52)51-49(54)43-39-35-31-27-24-25-29-33-37-41-45-56-50(55)44-40-36-32-28-23-20-16-14-12-10-8-6-4-2/h47-48,52-53H,3-46H2,1-2H3,(H,51,54). The van der Waals surface area contributed by atoms with Crippen molar-refractivity contribution in [2.24, 2.45) is 0 Å². The van der Waals surface area contributed by atoms with Gasteiger partial charge in [-0.3, -0.25) is 9.59 Å². The molecule has 1 amide bonds. The molecule has 0 aromatic heterocycles. The van der Waals surface area contributed by atoms with Gasteiger partial charge in [0.2, 0.25) is 5.91 Å². The van der Waals surface area contributed by atoms with Gasteiger partial charge in [0, 0.05) is 12.8 Å². The van der Waals surface area contributed by atoms with E-state index in [9.17, 15) is 19.8 Å². The van der Waals surface area contributed by atoms with Crippen molar-refractivity contribution < 1.29 is 24.5 Å². The number of aliphatic hydroxyl groups excluding tert-OH is 2. The number of hydrogen-bond donors (Lipinski definition) is 3. The number of amides is 1. The molecule has 0 radical (unpaired) electrons. The van der Waals surface area contributed by atoms with Crippen LogP contribution in [0.4, 0.5) is 0 Å². The average molecular weight is 794 g/mol. The van der Waals surface area contributed by atoms with Crippen molar-refractivity contribution in [2.45, 2.75) is 296 Å². The van der Waals surface area contributed by atoms with Crippen LogP contribution in [0.5, 0.6) is 0 Å². The fourth-order valence-electron chi connectivity index (χ4n) is 7.99. The lowest BCUT2D eigenvalue weighted by Gasteiger charge is -2.22. The maximum absolute atomic E-state index is 12.4. The molecule has 6 heteroatoms. The summed E-state index contributed by atoms with van der Waals surface area (Å²) in [5.74, 6) is -0.0718. The molecule has 3 N–H and O–H groups in total. The summed E-state index contributed by atoms with van der Waals surface area (Å²) in [6, 6.07) is -0.556. The van der Waals surface area contributed by atoms with Crippen molar-refractivity contribution >= 4 is 11.9 Å². The minimum atomic E-state index is -0.676. The van der Waals surface area contributed by atoms with Gasteiger partial charge in [0.1, 0.15) is 0 Å². The molecule has 0 spiro atoms. The molecular weight excluding hydrogens is 695 g/mol. The number of hydrogen-bond acceptors (Lipinski definition) is 5. The summed E-state index contributed by atoms with van der Waals surface area (Å²) < 4.78 is 5.45. The summed E-state index contributed by atoms with van der Waals surface area (Å²) in [6.07, 6.45) is 50.6. The Morgan fingerprint density at radius 3 is 1.09 bits per heavy atom. The van der Waals surface area contributed by atoms with Crippen LogP contribution >= 0.6 is 0 Å². The second kappa shape index (κ2) is 46.5. The van der Waals surface area contributed by atoms with Crippen LogP contribution in [0.1, 0.15) is 284 Å². The molecule has 0 saturated carbocycles. The molecule has 0 saturated heterocycles. The Morgan fingerprint density at radius 1 is 0.429 bits per heavy atom. The van der Waals surface area contributed by atoms with E-state index in [-0.39, 0.29) is 18.5 Å². The molecule has 0 heterocycles. The molecule has 2 atom stereocenters. The van der Waals surface area contributed by atoms with Gasteiger partial charge in [-0.25, -0.2) is 0 Å². The summed E-state index contributed by atoms with van der Waals surface area (Å²) in [6.45, 7) is 4.91. The first kappa shape index (κ1) is 54.9. The number of esters is 1. The molecule has 0 aliphatic carbocycles. The Balaban J connectivity index is 3.47. The molecule has 0 bridgehead atoms. The number of carbonyl (C=O) groups is 2. The Labute approximate surface area is 349 Å². The van der Waals surface area contributed by atoms with E-state index in [2.05, 4.69) is 19.2 Å². The summed E-state index contributed by atoms with van der Waals surface area (Å²) in [5, 5.41) is 23.2. The number of aliphatic hydroxyl groups is 2. The maximum atomic E-state index is 12.4. The van der Waals surface area contributed by atoms with E-state index in [1.807, 2.05) is 0 Å². The zero-order chi connectivity index (χ0) is 40.8. The Morgan fingerprint density at radius 2 is 0.732 bits per heavy atom. The Hall–Kier alpha value is -1.14. The van der Waals surface area contributed by atoms with Gasteiger partial charge in [-0.2, -0.15) is 0 Å². The van der Waals surface area contributed by atoms with E-state index in [1.54, 1.807) is 0 Å². The summed E-state index contributed by atoms with van der Waals surface area (Å²) >= 11 is 0. The molecule has 334 valence electrons. The predicted molar refractivity (Wildman–Crippen MR) is 241 cm³/mol. The van der Waals surface area contributed by atoms with E-state index in [0.29, 0.717) is 25.9 Å². The lowest BCUT2D eigenvalue weighted by atomic mass is 10.0. The van der Waals surface area contributed by atoms with Gasteiger partial charge in [-0.15, -0.1) is 0 Å². The number of unbranched alkanes of at least 4 members (excludes halogenated alkanes) is 36. The molecule has 0 aliphatic heterocycles. The highest BCUT2D eigenvalue weighted by Crippen LogP contribution is 2.17. The number of nitrogens with one attached hydrogen (secondary N) is 1. The van der Waals surface area contributed by atoms with Gasteiger partial charge in [0.15, 0.2) is 0 Å². The summed E-state index contributed by atoms with van der Waals surface area (Å²) in [7, 11) is 0. The van der Waals surface area contributed by atoms with Crippen LogP contribution in [0.3, 0.4) is 0 Å². The molecule has 6 nitrogen and oxygen atoms in total. The summed E-state index contributed by atoms with van der Waals surface area (Å²) in [4.78, 5) is 24.4. The van der Waals surface area contributed by atoms with E-state index in [4.69, 9.17) is 4.74 Å². The molecule has 0 rings (SSSR count). The van der Waals surface area contributed by atoms with E-state index in [0.717, 1.165) is 57.8 Å². The third kappa shape index (κ3) is 42.5. The van der Waals surface area contributed by atoms with Crippen molar-refractivity contribution in [2.75, 3.05) is 13.2 Å². The molecule has 2 unspecified atom stereocenters. The zero-order valence-electron chi connectivity index (χ0n) is 37.9. The Kier molecular flexibility index (Phi) is 45.6. The number of carbonyl (C=O) groups excluding carboxylic acids is 2. The van der Waals surface area contributed by atoms with Crippen molar-refractivity contribution in [3.05, 3.63) is 0 Å². The lowest BCUT2D eigenvalue weighted by Crippen LogP contribution is -2.45. The molecule has 0 aromatic carbocycles. The maximum Gasteiger partial charge on any atom is 0.305 e. The summed E-state index contributed by atoms with van der Waals surface area (Å²) in [5.41, 5.74) is 0. The second-order valence-electron chi connectivity index (χ2n) is 17.5. The molecule has 0 aromatic rings. The van der Waals surface area contributed by atoms with Crippen molar-refractivity contribution in [1.29, 1.82) is 0 Å². The van der Waals surface area contributed by atoms with Crippen LogP contribution in [0.25, 0.3) is 0 Å². The van der Waals surface area contributed by atoms with Crippen LogP contribution in [0, 0.1) is 0 Å². The first-order chi connectivity index (χ1) is 27.5. The monoisotopic (exact) mass is 794 g/mol. The van der Waals surface area contributed by atoms with Crippen molar-refractivity contribution in [3.8, 4) is 0 Å². The highest BCUT2D eigenvalue weighted by Gasteiger charge is 2.20. The fourth-order valence-corrected chi connectivity index (χ4v) is 7.99. The van der Waals surface area contributed by atoms with Gasteiger partial charge < -0.3 is 20.3 Å². The van der Waals surface area contributed by atoms with Crippen LogP contribution in [0.2, 0.25) is 0 Å². The quantitative estimate of drug-likeness (QED) is 0.0421. The van der Waals surface area contributed by atoms with Crippen LogP contribution in [-0.2, 0) is 14.3 Å². The minimum Gasteiger partial charge on any atom is -0.466 e. The van der Waals surface area contributed by atoms with Gasteiger partial charge in [0.05, 0.1) is 25.4 Å². The number of ether oxygens (including phenoxy) is 1. The van der Waals surface area contributed by atoms with Crippen molar-refractivity contribution in [1.82, 2.24) is 5.32 Å². The third-order valence-electron chi connectivity index (χ3n) is 11.9. The number of rotatable bonds is 47. The molecule has 0 aliphatic rings. The van der Waals surface area contributed by atoms with Crippen LogP contribution in [0.15, 0.2) is 0 Å². The Bertz CT molecular complexity index is 791. The smallest absolute Gasteiger partial charge is 0.305 e. The van der Waals surface area contributed by atoms with Crippen LogP contribution in [-0.4, -0.2) is 47.4 Å². The highest BCUT2D eigenvalue weighted by molar-refractivity contribution is 5.76. The van der Waals surface area contributed by atoms with E-state index >= 15 is 0 Å². The SMILES string of the molecule is CCCCCCCCCCCCCCCCCCC(O)C(CO)NC(=O)CCCCCCCCCCCCOC(=O)CCCCCCCCCCCCCCC. The molecule has 0 fully saturated rings. The van der Waals surface area contributed by atoms with Crippen LogP contribution < -0.4 is 5.32 Å². The van der Waals surface area contributed by atoms with Gasteiger partial charge in [-0.1, -0.05) is 245 Å². The molecule has 56 heavy (non-hydrogen) atoms. The first-order valence-electron chi connectivity index (χ1n) is 25.3. The largest absolute Gasteiger partial charge is 0.466 e. The van der Waals surface area contributed by atoms with Crippen molar-refractivity contribution in [3.63, 3.8) is 0 Å². The second-order valence-corrected chi connectivity index (χ2v) is 17.5. The normalized spacial score (nSPS) is 12.6. The minimum absolute atomic E-state index is 0.0166. The fraction of sp³-hybridized carbons (Fsp3) is 0.960. The lowest BCUT2D eigenvalue weighted by molar-refractivity contribution is -0.143. The van der Waals surface area contributed by atoms with Gasteiger partial charge >= 0.3 is 5.97 Å². The highest BCUT2D eigenvalue weighted by atomic mass is 16.5. The molecular formula is C50H99NO5. The first-order valence-corrected chi connectivity index (χ1v) is 25.3. The zero-order valence-corrected chi connectivity index (χ0v) is 37.9. The van der Waals surface area contributed by atoms with E-state index in [1.165, 1.54) is 193 Å². The predicted octanol–water partition coefficient (Wildman–Crippen LogP) is 14.8. The third-order valence-corrected chi connectivity index (χ3v) is 11.9.